The highest BCUT2D eigenvalue weighted by Crippen LogP contribution is 2.25. The van der Waals surface area contributed by atoms with E-state index in [2.05, 4.69) is 18.7 Å². The quantitative estimate of drug-likeness (QED) is 0.735. The van der Waals surface area contributed by atoms with Crippen LogP contribution in [0, 0.1) is 0 Å². The lowest BCUT2D eigenvalue weighted by Crippen LogP contribution is -2.28. The number of rotatable bonds is 8. The van der Waals surface area contributed by atoms with E-state index in [1.807, 2.05) is 30.3 Å². The molecule has 0 aliphatic heterocycles. The monoisotopic (exact) mass is 267 g/mol. The van der Waals surface area contributed by atoms with Crippen molar-refractivity contribution < 1.29 is 9.90 Å². The van der Waals surface area contributed by atoms with Gasteiger partial charge >= 0.3 is 5.97 Å². The second-order valence-electron chi connectivity index (χ2n) is 4.07. The van der Waals surface area contributed by atoms with Crippen molar-refractivity contribution in [1.82, 2.24) is 4.90 Å². The molecule has 1 aromatic rings. The van der Waals surface area contributed by atoms with Gasteiger partial charge in [0.05, 0.1) is 0 Å². The Hall–Kier alpha value is -1.00. The maximum Gasteiger partial charge on any atom is 0.317 e. The molecule has 1 aromatic carbocycles. The van der Waals surface area contributed by atoms with Gasteiger partial charge in [0.2, 0.25) is 0 Å². The Morgan fingerprint density at radius 2 is 1.89 bits per heavy atom. The third-order valence-corrected chi connectivity index (χ3v) is 4.17. The van der Waals surface area contributed by atoms with E-state index in [1.54, 1.807) is 0 Å². The average molecular weight is 267 g/mol. The third kappa shape index (κ3) is 5.10. The summed E-state index contributed by atoms with van der Waals surface area (Å²) in [5, 5.41) is 8.89. The fourth-order valence-electron chi connectivity index (χ4n) is 1.74. The number of hydrogen-bond donors (Lipinski definition) is 1. The number of benzene rings is 1. The van der Waals surface area contributed by atoms with Gasteiger partial charge in [-0.1, -0.05) is 32.0 Å². The van der Waals surface area contributed by atoms with Gasteiger partial charge in [-0.25, -0.2) is 0 Å². The zero-order chi connectivity index (χ0) is 13.4. The molecule has 0 spiro atoms. The van der Waals surface area contributed by atoms with Gasteiger partial charge in [-0.3, -0.25) is 4.79 Å². The van der Waals surface area contributed by atoms with Crippen molar-refractivity contribution in [3.05, 3.63) is 30.3 Å². The fourth-order valence-corrected chi connectivity index (χ4v) is 2.70. The number of hydrogen-bond acceptors (Lipinski definition) is 3. The highest BCUT2D eigenvalue weighted by Gasteiger charge is 2.19. The summed E-state index contributed by atoms with van der Waals surface area (Å²) in [6, 6.07) is 9.73. The fraction of sp³-hybridized carbons (Fsp3) is 0.500. The first kappa shape index (κ1) is 15.1. The summed E-state index contributed by atoms with van der Waals surface area (Å²) in [5.41, 5.74) is 0. The van der Waals surface area contributed by atoms with Crippen LogP contribution in [-0.2, 0) is 4.79 Å². The molecule has 4 heteroatoms. The normalized spacial score (nSPS) is 12.6. The Morgan fingerprint density at radius 3 is 2.39 bits per heavy atom. The van der Waals surface area contributed by atoms with Crippen molar-refractivity contribution in [2.75, 3.05) is 19.6 Å². The lowest BCUT2D eigenvalue weighted by atomic mass is 10.3. The molecule has 18 heavy (non-hydrogen) atoms. The van der Waals surface area contributed by atoms with Crippen molar-refractivity contribution in [3.63, 3.8) is 0 Å². The van der Waals surface area contributed by atoms with E-state index in [9.17, 15) is 9.90 Å². The number of carbonyl (C=O) groups is 1. The molecule has 0 amide bonds. The largest absolute Gasteiger partial charge is 0.480 e. The van der Waals surface area contributed by atoms with Crippen LogP contribution in [0.4, 0.5) is 0 Å². The molecule has 0 radical (unpaired) electrons. The van der Waals surface area contributed by atoms with E-state index in [4.69, 9.17) is 0 Å². The summed E-state index contributed by atoms with van der Waals surface area (Å²) < 4.78 is 0. The maximum atomic E-state index is 11.3. The van der Waals surface area contributed by atoms with Gasteiger partial charge in [-0.15, -0.1) is 11.8 Å². The van der Waals surface area contributed by atoms with Gasteiger partial charge < -0.3 is 10.0 Å². The summed E-state index contributed by atoms with van der Waals surface area (Å²) in [4.78, 5) is 14.5. The van der Waals surface area contributed by atoms with E-state index in [0.29, 0.717) is 6.42 Å². The standard InChI is InChI=1S/C14H21NO2S/c1-3-15(4-2)11-10-13(14(16)17)18-12-8-6-5-7-9-12/h5-9,13H,3-4,10-11H2,1-2H3,(H,16,17). The summed E-state index contributed by atoms with van der Waals surface area (Å²) in [7, 11) is 0. The minimum Gasteiger partial charge on any atom is -0.480 e. The average Bonchev–Trinajstić information content (AvgIpc) is 2.39. The van der Waals surface area contributed by atoms with E-state index in [0.717, 1.165) is 24.5 Å². The van der Waals surface area contributed by atoms with Crippen molar-refractivity contribution in [2.45, 2.75) is 30.4 Å². The zero-order valence-electron chi connectivity index (χ0n) is 11.0. The third-order valence-electron chi connectivity index (χ3n) is 2.90. The van der Waals surface area contributed by atoms with Gasteiger partial charge in [0, 0.05) is 4.90 Å². The van der Waals surface area contributed by atoms with E-state index in [1.165, 1.54) is 11.8 Å². The second-order valence-corrected chi connectivity index (χ2v) is 5.35. The summed E-state index contributed by atoms with van der Waals surface area (Å²) >= 11 is 1.43. The lowest BCUT2D eigenvalue weighted by molar-refractivity contribution is -0.136. The first-order chi connectivity index (χ1) is 8.67. The number of nitrogens with zero attached hydrogens (tertiary/aromatic N) is 1. The van der Waals surface area contributed by atoms with E-state index < -0.39 is 5.97 Å². The molecular formula is C14H21NO2S. The molecule has 1 atom stereocenters. The topological polar surface area (TPSA) is 40.5 Å². The molecule has 100 valence electrons. The van der Waals surface area contributed by atoms with Gasteiger partial charge in [-0.05, 0) is 38.2 Å². The van der Waals surface area contributed by atoms with E-state index in [-0.39, 0.29) is 5.25 Å². The van der Waals surface area contributed by atoms with Gasteiger partial charge in [0.1, 0.15) is 5.25 Å². The van der Waals surface area contributed by atoms with Crippen molar-refractivity contribution in [2.24, 2.45) is 0 Å². The molecule has 0 heterocycles. The minimum absolute atomic E-state index is 0.368. The van der Waals surface area contributed by atoms with Gasteiger partial charge in [0.25, 0.3) is 0 Å². The molecule has 0 bridgehead atoms. The van der Waals surface area contributed by atoms with Crippen molar-refractivity contribution in [1.29, 1.82) is 0 Å². The number of carboxylic acids is 1. The number of aliphatic carboxylic acids is 1. The second kappa shape index (κ2) is 8.16. The SMILES string of the molecule is CCN(CC)CCC(Sc1ccccc1)C(=O)O. The first-order valence-corrected chi connectivity index (χ1v) is 7.22. The molecule has 0 saturated carbocycles. The van der Waals surface area contributed by atoms with Crippen molar-refractivity contribution in [3.8, 4) is 0 Å². The maximum absolute atomic E-state index is 11.3. The van der Waals surface area contributed by atoms with Crippen LogP contribution in [0.1, 0.15) is 20.3 Å². The van der Waals surface area contributed by atoms with E-state index >= 15 is 0 Å². The van der Waals surface area contributed by atoms with Crippen LogP contribution >= 0.6 is 11.8 Å². The first-order valence-electron chi connectivity index (χ1n) is 6.34. The lowest BCUT2D eigenvalue weighted by Gasteiger charge is -2.20. The number of thioether (sulfide) groups is 1. The Morgan fingerprint density at radius 1 is 1.28 bits per heavy atom. The van der Waals surface area contributed by atoms with Crippen molar-refractivity contribution >= 4 is 17.7 Å². The molecule has 0 saturated heterocycles. The molecule has 0 fully saturated rings. The summed E-state index contributed by atoms with van der Waals surface area (Å²) in [5.74, 6) is -0.726. The molecule has 0 aliphatic carbocycles. The Bertz CT molecular complexity index is 352. The van der Waals surface area contributed by atoms with Crippen LogP contribution < -0.4 is 0 Å². The summed E-state index contributed by atoms with van der Waals surface area (Å²) in [6.45, 7) is 6.98. The van der Waals surface area contributed by atoms with Crippen LogP contribution in [0.3, 0.4) is 0 Å². The number of carboxylic acid groups (broad SMARTS) is 1. The van der Waals surface area contributed by atoms with Gasteiger partial charge in [-0.2, -0.15) is 0 Å². The predicted molar refractivity (Wildman–Crippen MR) is 76.1 cm³/mol. The predicted octanol–water partition coefficient (Wildman–Crippen LogP) is 2.96. The van der Waals surface area contributed by atoms with Crippen LogP contribution in [-0.4, -0.2) is 40.9 Å². The van der Waals surface area contributed by atoms with Crippen LogP contribution in [0.5, 0.6) is 0 Å². The summed E-state index contributed by atoms with van der Waals surface area (Å²) in [6.07, 6.45) is 0.677. The molecule has 1 N–H and O–H groups in total. The van der Waals surface area contributed by atoms with Crippen LogP contribution in [0.2, 0.25) is 0 Å². The minimum atomic E-state index is -0.726. The molecule has 1 unspecified atom stereocenters. The smallest absolute Gasteiger partial charge is 0.317 e. The molecule has 0 aliphatic rings. The van der Waals surface area contributed by atoms with Gasteiger partial charge in [0.15, 0.2) is 0 Å². The Labute approximate surface area is 113 Å². The zero-order valence-corrected chi connectivity index (χ0v) is 11.8. The highest BCUT2D eigenvalue weighted by atomic mass is 32.2. The Balaban J connectivity index is 2.53. The van der Waals surface area contributed by atoms with Crippen LogP contribution in [0.15, 0.2) is 35.2 Å². The molecular weight excluding hydrogens is 246 g/mol. The highest BCUT2D eigenvalue weighted by molar-refractivity contribution is 8.00. The molecule has 3 nitrogen and oxygen atoms in total. The molecule has 0 aromatic heterocycles. The Kier molecular flexibility index (Phi) is 6.83. The van der Waals surface area contributed by atoms with Crippen LogP contribution in [0.25, 0.3) is 0 Å². The molecule has 1 rings (SSSR count).